The molecule has 0 radical (unpaired) electrons. The monoisotopic (exact) mass is 450 g/mol. The van der Waals surface area contributed by atoms with Crippen molar-refractivity contribution in [2.75, 3.05) is 27.9 Å². The third-order valence-electron chi connectivity index (χ3n) is 5.24. The Morgan fingerprint density at radius 3 is 2.33 bits per heavy atom. The highest BCUT2D eigenvalue weighted by atomic mass is 16.5. The molecule has 170 valence electrons. The Kier molecular flexibility index (Phi) is 5.78. The lowest BCUT2D eigenvalue weighted by atomic mass is 9.95. The maximum Gasteiger partial charge on any atom is 0.344 e. The number of hydrogen-bond donors (Lipinski definition) is 2. The number of aromatic nitrogens is 1. The van der Waals surface area contributed by atoms with Crippen LogP contribution in [0.1, 0.15) is 17.3 Å². The first-order chi connectivity index (χ1) is 15.9. The van der Waals surface area contributed by atoms with E-state index in [1.807, 2.05) is 0 Å². The van der Waals surface area contributed by atoms with Gasteiger partial charge in [0.15, 0.2) is 17.1 Å². The van der Waals surface area contributed by atoms with Crippen molar-refractivity contribution in [3.05, 3.63) is 57.9 Å². The fourth-order valence-corrected chi connectivity index (χ4v) is 3.85. The normalized spacial score (nSPS) is 10.9. The van der Waals surface area contributed by atoms with E-state index in [4.69, 9.17) is 28.8 Å². The molecule has 0 fully saturated rings. The predicted molar refractivity (Wildman–Crippen MR) is 121 cm³/mol. The minimum Gasteiger partial charge on any atom is -0.493 e. The van der Waals surface area contributed by atoms with Crippen molar-refractivity contribution in [2.45, 2.75) is 6.92 Å². The number of pyridine rings is 1. The standard InChI is InChI=1S/C24H22N2O7/c1-5-32-24(28)19-17(12-10-15(29-2)21(31-4)16(11-12)30-3)18-20(33-22(19)25)13-8-6-7-9-14(13)26-23(18)27/h6-11,25H,5H2,1-4H3,(H,26,27). The Labute approximate surface area is 188 Å². The zero-order valence-electron chi connectivity index (χ0n) is 18.5. The van der Waals surface area contributed by atoms with E-state index in [2.05, 4.69) is 4.98 Å². The molecule has 0 spiro atoms. The van der Waals surface area contributed by atoms with Gasteiger partial charge in [0.05, 0.1) is 38.8 Å². The van der Waals surface area contributed by atoms with Gasteiger partial charge in [-0.1, -0.05) is 12.1 Å². The van der Waals surface area contributed by atoms with E-state index in [9.17, 15) is 9.59 Å². The Hall–Kier alpha value is -4.27. The average Bonchev–Trinajstić information content (AvgIpc) is 2.82. The number of benzene rings is 2. The van der Waals surface area contributed by atoms with E-state index in [1.165, 1.54) is 21.3 Å². The average molecular weight is 450 g/mol. The second-order valence-electron chi connectivity index (χ2n) is 7.02. The molecule has 0 aliphatic carbocycles. The SMILES string of the molecule is CCOC(=O)c1c(-c2cc(OC)c(OC)c(OC)c2)c2c(=O)[nH]c3ccccc3c2oc1=N. The molecule has 2 N–H and O–H groups in total. The maximum atomic E-state index is 13.2. The summed E-state index contributed by atoms with van der Waals surface area (Å²) in [7, 11) is 4.39. The molecule has 0 atom stereocenters. The third-order valence-corrected chi connectivity index (χ3v) is 5.24. The summed E-state index contributed by atoms with van der Waals surface area (Å²) >= 11 is 0. The smallest absolute Gasteiger partial charge is 0.344 e. The zero-order valence-corrected chi connectivity index (χ0v) is 18.5. The number of aromatic amines is 1. The number of H-pyrrole nitrogens is 1. The van der Waals surface area contributed by atoms with E-state index in [-0.39, 0.29) is 28.7 Å². The largest absolute Gasteiger partial charge is 0.493 e. The number of fused-ring (bicyclic) bond motifs is 3. The first kappa shape index (κ1) is 21.9. The molecule has 0 saturated carbocycles. The molecule has 0 saturated heterocycles. The number of carbonyl (C=O) groups excluding carboxylic acids is 1. The fourth-order valence-electron chi connectivity index (χ4n) is 3.85. The van der Waals surface area contributed by atoms with E-state index >= 15 is 0 Å². The van der Waals surface area contributed by atoms with Crippen molar-refractivity contribution in [1.82, 2.24) is 4.98 Å². The van der Waals surface area contributed by atoms with Crippen molar-refractivity contribution in [1.29, 1.82) is 5.41 Å². The van der Waals surface area contributed by atoms with Gasteiger partial charge in [0, 0.05) is 10.9 Å². The highest BCUT2D eigenvalue weighted by Gasteiger charge is 2.26. The topological polar surface area (TPSA) is 124 Å². The molecule has 0 unspecified atom stereocenters. The first-order valence-corrected chi connectivity index (χ1v) is 10.1. The molecule has 9 heteroatoms. The van der Waals surface area contributed by atoms with Crippen molar-refractivity contribution < 1.29 is 28.2 Å². The lowest BCUT2D eigenvalue weighted by Gasteiger charge is -2.17. The summed E-state index contributed by atoms with van der Waals surface area (Å²) in [5.41, 5.74) is 0.184. The fraction of sp³-hybridized carbons (Fsp3) is 0.208. The number of ether oxygens (including phenoxy) is 4. The first-order valence-electron chi connectivity index (χ1n) is 10.1. The van der Waals surface area contributed by atoms with Crippen LogP contribution in [-0.4, -0.2) is 38.9 Å². The molecule has 2 heterocycles. The minimum atomic E-state index is -0.788. The van der Waals surface area contributed by atoms with Gasteiger partial charge in [0.2, 0.25) is 11.3 Å². The van der Waals surface area contributed by atoms with Gasteiger partial charge >= 0.3 is 5.97 Å². The van der Waals surface area contributed by atoms with Crippen LogP contribution < -0.4 is 25.3 Å². The molecule has 0 bridgehead atoms. The molecule has 33 heavy (non-hydrogen) atoms. The molecular weight excluding hydrogens is 428 g/mol. The van der Waals surface area contributed by atoms with Crippen molar-refractivity contribution in [3.63, 3.8) is 0 Å². The van der Waals surface area contributed by atoms with Crippen molar-refractivity contribution in [2.24, 2.45) is 0 Å². The van der Waals surface area contributed by atoms with E-state index < -0.39 is 17.1 Å². The van der Waals surface area contributed by atoms with Gasteiger partial charge in [-0.25, -0.2) is 4.79 Å². The van der Waals surface area contributed by atoms with Gasteiger partial charge in [0.1, 0.15) is 5.56 Å². The van der Waals surface area contributed by atoms with Crippen molar-refractivity contribution in [3.8, 4) is 28.4 Å². The minimum absolute atomic E-state index is 0.0824. The van der Waals surface area contributed by atoms with Gasteiger partial charge in [-0.2, -0.15) is 0 Å². The number of esters is 1. The van der Waals surface area contributed by atoms with Crippen LogP contribution >= 0.6 is 0 Å². The van der Waals surface area contributed by atoms with E-state index in [0.29, 0.717) is 33.7 Å². The van der Waals surface area contributed by atoms with Crippen molar-refractivity contribution >= 4 is 27.8 Å². The summed E-state index contributed by atoms with van der Waals surface area (Å²) in [6.07, 6.45) is 0. The Morgan fingerprint density at radius 1 is 1.06 bits per heavy atom. The maximum absolute atomic E-state index is 13.2. The van der Waals surface area contributed by atoms with Gasteiger partial charge in [-0.15, -0.1) is 0 Å². The predicted octanol–water partition coefficient (Wildman–Crippen LogP) is 3.62. The quantitative estimate of drug-likeness (QED) is 0.340. The molecule has 0 amide bonds. The highest BCUT2D eigenvalue weighted by Crippen LogP contribution is 2.43. The number of rotatable bonds is 6. The molecule has 4 aromatic rings. The summed E-state index contributed by atoms with van der Waals surface area (Å²) in [6.45, 7) is 1.73. The van der Waals surface area contributed by atoms with Gasteiger partial charge in [0.25, 0.3) is 5.56 Å². The Balaban J connectivity index is 2.24. The number of methoxy groups -OCH3 is 3. The van der Waals surface area contributed by atoms with E-state index in [1.54, 1.807) is 43.3 Å². The second-order valence-corrected chi connectivity index (χ2v) is 7.02. The highest BCUT2D eigenvalue weighted by molar-refractivity contribution is 6.12. The number of nitrogens with one attached hydrogen (secondary N) is 2. The molecule has 0 aliphatic heterocycles. The third kappa shape index (κ3) is 3.57. The zero-order chi connectivity index (χ0) is 23.7. The van der Waals surface area contributed by atoms with Gasteiger partial charge < -0.3 is 28.3 Å². The van der Waals surface area contributed by atoms with Crippen LogP contribution in [0.2, 0.25) is 0 Å². The van der Waals surface area contributed by atoms with Crippen LogP contribution in [0.25, 0.3) is 33.0 Å². The summed E-state index contributed by atoms with van der Waals surface area (Å²) < 4.78 is 27.2. The molecule has 0 aliphatic rings. The number of para-hydroxylation sites is 1. The molecule has 2 aromatic carbocycles. The molecule has 9 nitrogen and oxygen atoms in total. The van der Waals surface area contributed by atoms with Gasteiger partial charge in [-0.3, -0.25) is 10.2 Å². The van der Waals surface area contributed by atoms with Crippen LogP contribution in [0, 0.1) is 5.41 Å². The van der Waals surface area contributed by atoms with Gasteiger partial charge in [-0.05, 0) is 36.8 Å². The summed E-state index contributed by atoms with van der Waals surface area (Å²) in [5.74, 6) is 0.194. The molecular formula is C24H22N2O7. The van der Waals surface area contributed by atoms with Crippen LogP contribution in [0.15, 0.2) is 45.6 Å². The summed E-state index contributed by atoms with van der Waals surface area (Å²) in [4.78, 5) is 29.0. The summed E-state index contributed by atoms with van der Waals surface area (Å²) in [5, 5.41) is 9.19. The van der Waals surface area contributed by atoms with E-state index in [0.717, 1.165) is 0 Å². The molecule has 2 aromatic heterocycles. The summed E-state index contributed by atoms with van der Waals surface area (Å²) in [6, 6.07) is 10.3. The van der Waals surface area contributed by atoms with Crippen LogP contribution in [0.3, 0.4) is 0 Å². The van der Waals surface area contributed by atoms with Crippen LogP contribution in [0.5, 0.6) is 17.2 Å². The lowest BCUT2D eigenvalue weighted by molar-refractivity contribution is 0.0522. The number of carbonyl (C=O) groups is 1. The number of hydrogen-bond acceptors (Lipinski definition) is 8. The van der Waals surface area contributed by atoms with Crippen LogP contribution in [-0.2, 0) is 4.74 Å². The molecule has 4 rings (SSSR count). The van der Waals surface area contributed by atoms with Crippen LogP contribution in [0.4, 0.5) is 0 Å². The Morgan fingerprint density at radius 2 is 1.73 bits per heavy atom. The second kappa shape index (κ2) is 8.70. The Bertz CT molecular complexity index is 1480. The lowest BCUT2D eigenvalue weighted by Crippen LogP contribution is -2.21.